The summed E-state index contributed by atoms with van der Waals surface area (Å²) in [5.41, 5.74) is 1.02. The lowest BCUT2D eigenvalue weighted by Gasteiger charge is -2.20. The first-order valence-corrected chi connectivity index (χ1v) is 6.09. The van der Waals surface area contributed by atoms with Crippen LogP contribution in [0.2, 0.25) is 0 Å². The van der Waals surface area contributed by atoms with Gasteiger partial charge in [0.15, 0.2) is 0 Å². The highest BCUT2D eigenvalue weighted by atomic mass is 32.1. The van der Waals surface area contributed by atoms with Crippen LogP contribution in [-0.4, -0.2) is 10.7 Å². The Bertz CT molecular complexity index is 355. The third kappa shape index (κ3) is 2.59. The zero-order valence-corrected chi connectivity index (χ0v) is 10.1. The molecule has 0 amide bonds. The van der Waals surface area contributed by atoms with Gasteiger partial charge in [-0.2, -0.15) is 12.6 Å². The Morgan fingerprint density at radius 2 is 1.88 bits per heavy atom. The monoisotopic (exact) mass is 236 g/mol. The van der Waals surface area contributed by atoms with Crippen molar-refractivity contribution in [1.29, 1.82) is 0 Å². The Kier molecular flexibility index (Phi) is 3.54. The van der Waals surface area contributed by atoms with E-state index in [1.807, 2.05) is 30.3 Å². The molecule has 0 spiro atoms. The van der Waals surface area contributed by atoms with Crippen molar-refractivity contribution in [2.24, 2.45) is 0 Å². The van der Waals surface area contributed by atoms with Gasteiger partial charge >= 0.3 is 5.97 Å². The standard InChI is InChI=1S/C13H16O2S/c14-12(13(16)8-4-5-9-13)15-10-11-6-2-1-3-7-11/h1-3,6-7,16H,4-5,8-10H2. The molecule has 1 aromatic carbocycles. The summed E-state index contributed by atoms with van der Waals surface area (Å²) in [5, 5.41) is 0. The van der Waals surface area contributed by atoms with Crippen molar-refractivity contribution in [3.05, 3.63) is 35.9 Å². The molecule has 0 heterocycles. The first-order chi connectivity index (χ1) is 7.71. The molecule has 0 atom stereocenters. The number of thiol groups is 1. The second kappa shape index (κ2) is 4.91. The van der Waals surface area contributed by atoms with E-state index in [2.05, 4.69) is 12.6 Å². The van der Waals surface area contributed by atoms with Crippen LogP contribution in [-0.2, 0) is 16.1 Å². The number of esters is 1. The Morgan fingerprint density at radius 1 is 1.25 bits per heavy atom. The summed E-state index contributed by atoms with van der Waals surface area (Å²) in [6, 6.07) is 9.73. The third-order valence-corrected chi connectivity index (χ3v) is 3.65. The van der Waals surface area contributed by atoms with E-state index in [1.54, 1.807) is 0 Å². The lowest BCUT2D eigenvalue weighted by Crippen LogP contribution is -2.31. The molecule has 1 aromatic rings. The van der Waals surface area contributed by atoms with Gasteiger partial charge in [0.05, 0.1) is 0 Å². The number of carbonyl (C=O) groups is 1. The molecule has 0 unspecified atom stereocenters. The number of carbonyl (C=O) groups excluding carboxylic acids is 1. The highest BCUT2D eigenvalue weighted by molar-refractivity contribution is 7.82. The molecule has 0 bridgehead atoms. The van der Waals surface area contributed by atoms with Gasteiger partial charge in [-0.3, -0.25) is 4.79 Å². The highest BCUT2D eigenvalue weighted by Gasteiger charge is 2.38. The lowest BCUT2D eigenvalue weighted by molar-refractivity contribution is -0.147. The zero-order valence-electron chi connectivity index (χ0n) is 9.19. The molecule has 2 nitrogen and oxygen atoms in total. The molecule has 2 rings (SSSR count). The van der Waals surface area contributed by atoms with Crippen LogP contribution in [0.3, 0.4) is 0 Å². The molecule has 86 valence electrons. The van der Waals surface area contributed by atoms with E-state index >= 15 is 0 Å². The average molecular weight is 236 g/mol. The quantitative estimate of drug-likeness (QED) is 0.645. The van der Waals surface area contributed by atoms with Crippen LogP contribution in [0.4, 0.5) is 0 Å². The van der Waals surface area contributed by atoms with Crippen molar-refractivity contribution in [3.63, 3.8) is 0 Å². The molecule has 3 heteroatoms. The van der Waals surface area contributed by atoms with Crippen LogP contribution in [0.1, 0.15) is 31.2 Å². The molecular weight excluding hydrogens is 220 g/mol. The van der Waals surface area contributed by atoms with E-state index < -0.39 is 4.75 Å². The average Bonchev–Trinajstić information content (AvgIpc) is 2.76. The molecule has 0 aliphatic heterocycles. The molecule has 0 saturated heterocycles. The number of rotatable bonds is 3. The summed E-state index contributed by atoms with van der Waals surface area (Å²) < 4.78 is 4.77. The Balaban J connectivity index is 1.89. The van der Waals surface area contributed by atoms with Gasteiger partial charge in [-0.25, -0.2) is 0 Å². The summed E-state index contributed by atoms with van der Waals surface area (Å²) in [4.78, 5) is 11.8. The van der Waals surface area contributed by atoms with Gasteiger partial charge in [0.1, 0.15) is 11.4 Å². The molecule has 1 saturated carbocycles. The van der Waals surface area contributed by atoms with Crippen molar-refractivity contribution in [3.8, 4) is 0 Å². The van der Waals surface area contributed by atoms with Gasteiger partial charge in [-0.1, -0.05) is 43.2 Å². The van der Waals surface area contributed by atoms with Crippen molar-refractivity contribution in [1.82, 2.24) is 0 Å². The minimum absolute atomic E-state index is 0.169. The van der Waals surface area contributed by atoms with Crippen LogP contribution in [0.25, 0.3) is 0 Å². The maximum absolute atomic E-state index is 11.8. The third-order valence-electron chi connectivity index (χ3n) is 3.02. The van der Waals surface area contributed by atoms with Crippen molar-refractivity contribution in [2.45, 2.75) is 37.0 Å². The van der Waals surface area contributed by atoms with Gasteiger partial charge in [0, 0.05) is 0 Å². The Hall–Kier alpha value is -0.960. The zero-order chi connectivity index (χ0) is 11.4. The maximum Gasteiger partial charge on any atom is 0.322 e. The van der Waals surface area contributed by atoms with E-state index in [0.29, 0.717) is 6.61 Å². The summed E-state index contributed by atoms with van der Waals surface area (Å²) in [7, 11) is 0. The number of hydrogen-bond acceptors (Lipinski definition) is 3. The fraction of sp³-hybridized carbons (Fsp3) is 0.462. The number of benzene rings is 1. The second-order valence-corrected chi connectivity index (χ2v) is 5.16. The van der Waals surface area contributed by atoms with Crippen molar-refractivity contribution >= 4 is 18.6 Å². The summed E-state index contributed by atoms with van der Waals surface area (Å²) in [6.45, 7) is 0.349. The van der Waals surface area contributed by atoms with Crippen LogP contribution in [0, 0.1) is 0 Å². The maximum atomic E-state index is 11.8. The molecular formula is C13H16O2S. The van der Waals surface area contributed by atoms with Crippen LogP contribution in [0.15, 0.2) is 30.3 Å². The van der Waals surface area contributed by atoms with Gasteiger partial charge < -0.3 is 4.74 Å². The van der Waals surface area contributed by atoms with Gasteiger partial charge in [-0.05, 0) is 18.4 Å². The van der Waals surface area contributed by atoms with Gasteiger partial charge in [-0.15, -0.1) is 0 Å². The van der Waals surface area contributed by atoms with Crippen LogP contribution in [0.5, 0.6) is 0 Å². The van der Waals surface area contributed by atoms with E-state index in [1.165, 1.54) is 0 Å². The van der Waals surface area contributed by atoms with Gasteiger partial charge in [0.2, 0.25) is 0 Å². The van der Waals surface area contributed by atoms with Gasteiger partial charge in [0.25, 0.3) is 0 Å². The van der Waals surface area contributed by atoms with E-state index in [-0.39, 0.29) is 5.97 Å². The molecule has 0 N–H and O–H groups in total. The topological polar surface area (TPSA) is 26.3 Å². The van der Waals surface area contributed by atoms with E-state index in [0.717, 1.165) is 31.2 Å². The minimum atomic E-state index is -0.533. The van der Waals surface area contributed by atoms with Crippen LogP contribution >= 0.6 is 12.6 Å². The fourth-order valence-corrected chi connectivity index (χ4v) is 2.40. The molecule has 0 radical (unpaired) electrons. The molecule has 1 fully saturated rings. The normalized spacial score (nSPS) is 18.3. The molecule has 1 aliphatic carbocycles. The number of ether oxygens (including phenoxy) is 1. The molecule has 0 aromatic heterocycles. The fourth-order valence-electron chi connectivity index (χ4n) is 2.02. The Morgan fingerprint density at radius 3 is 2.50 bits per heavy atom. The van der Waals surface area contributed by atoms with Crippen LogP contribution < -0.4 is 0 Å². The predicted octanol–water partition coefficient (Wildman–Crippen LogP) is 2.97. The molecule has 16 heavy (non-hydrogen) atoms. The van der Waals surface area contributed by atoms with Crippen molar-refractivity contribution < 1.29 is 9.53 Å². The first kappa shape index (κ1) is 11.5. The van der Waals surface area contributed by atoms with Crippen molar-refractivity contribution in [2.75, 3.05) is 0 Å². The summed E-state index contributed by atoms with van der Waals surface area (Å²) >= 11 is 4.45. The second-order valence-electron chi connectivity index (χ2n) is 4.30. The SMILES string of the molecule is O=C(OCc1ccccc1)C1(S)CCCC1. The minimum Gasteiger partial charge on any atom is -0.460 e. The highest BCUT2D eigenvalue weighted by Crippen LogP contribution is 2.36. The largest absolute Gasteiger partial charge is 0.460 e. The Labute approximate surface area is 101 Å². The first-order valence-electron chi connectivity index (χ1n) is 5.64. The lowest BCUT2D eigenvalue weighted by atomic mass is 10.1. The number of hydrogen-bond donors (Lipinski definition) is 1. The van der Waals surface area contributed by atoms with E-state index in [9.17, 15) is 4.79 Å². The summed E-state index contributed by atoms with van der Waals surface area (Å²) in [5.74, 6) is -0.169. The smallest absolute Gasteiger partial charge is 0.322 e. The van der Waals surface area contributed by atoms with E-state index in [4.69, 9.17) is 4.74 Å². The molecule has 1 aliphatic rings. The summed E-state index contributed by atoms with van der Waals surface area (Å²) in [6.07, 6.45) is 3.82. The predicted molar refractivity (Wildman–Crippen MR) is 66.4 cm³/mol.